The van der Waals surface area contributed by atoms with Gasteiger partial charge in [-0.2, -0.15) is 0 Å². The minimum atomic E-state index is -0.0333. The molecular weight excluding hydrogens is 284 g/mol. The minimum absolute atomic E-state index is 0.0333. The van der Waals surface area contributed by atoms with E-state index in [-0.39, 0.29) is 18.6 Å². The van der Waals surface area contributed by atoms with Crippen LogP contribution in [0.5, 0.6) is 5.75 Å². The van der Waals surface area contributed by atoms with Gasteiger partial charge in [-0.1, -0.05) is 0 Å². The second-order valence-corrected chi connectivity index (χ2v) is 5.74. The van der Waals surface area contributed by atoms with Crippen molar-refractivity contribution in [3.63, 3.8) is 0 Å². The maximum Gasteiger partial charge on any atom is 0.253 e. The maximum atomic E-state index is 12.4. The normalized spacial score (nSPS) is 20.5. The lowest BCUT2D eigenvalue weighted by molar-refractivity contribution is -0.125. The summed E-state index contributed by atoms with van der Waals surface area (Å²) in [6.45, 7) is 2.44. The number of rotatable bonds is 4. The molecular formula is C16H22N2O4. The largest absolute Gasteiger partial charge is 0.489 e. The lowest BCUT2D eigenvalue weighted by atomic mass is 10.2. The third-order valence-electron chi connectivity index (χ3n) is 3.95. The second kappa shape index (κ2) is 6.54. The molecule has 22 heavy (non-hydrogen) atoms. The molecule has 2 aliphatic heterocycles. The predicted octanol–water partition coefficient (Wildman–Crippen LogP) is 1.28. The fraction of sp³-hybridized carbons (Fsp3) is 0.562. The van der Waals surface area contributed by atoms with E-state index in [0.29, 0.717) is 26.4 Å². The highest BCUT2D eigenvalue weighted by molar-refractivity contribution is 5.96. The zero-order valence-electron chi connectivity index (χ0n) is 13.1. The van der Waals surface area contributed by atoms with E-state index < -0.39 is 0 Å². The molecule has 6 heteroatoms. The molecule has 1 saturated heterocycles. The SMILES string of the molecule is CN(C)c1ccc2c(c1)OCCN2C(=O)COC1CCOC1. The molecule has 0 aromatic heterocycles. The summed E-state index contributed by atoms with van der Waals surface area (Å²) in [5.74, 6) is 0.712. The molecule has 0 saturated carbocycles. The zero-order chi connectivity index (χ0) is 15.5. The Morgan fingerprint density at radius 2 is 2.27 bits per heavy atom. The van der Waals surface area contributed by atoms with Gasteiger partial charge in [-0.3, -0.25) is 4.79 Å². The van der Waals surface area contributed by atoms with Crippen molar-refractivity contribution < 1.29 is 19.0 Å². The van der Waals surface area contributed by atoms with Crippen molar-refractivity contribution in [3.05, 3.63) is 18.2 Å². The summed E-state index contributed by atoms with van der Waals surface area (Å²) in [6.07, 6.45) is 0.902. The monoisotopic (exact) mass is 306 g/mol. The third-order valence-corrected chi connectivity index (χ3v) is 3.95. The summed E-state index contributed by atoms with van der Waals surface area (Å²) in [7, 11) is 3.95. The van der Waals surface area contributed by atoms with Gasteiger partial charge in [0.1, 0.15) is 19.0 Å². The Kier molecular flexibility index (Phi) is 4.49. The second-order valence-electron chi connectivity index (χ2n) is 5.74. The van der Waals surface area contributed by atoms with Crippen LogP contribution in [0.15, 0.2) is 18.2 Å². The van der Waals surface area contributed by atoms with Crippen molar-refractivity contribution in [2.45, 2.75) is 12.5 Å². The van der Waals surface area contributed by atoms with Crippen LogP contribution in [-0.4, -0.2) is 59.1 Å². The number of benzene rings is 1. The number of hydrogen-bond donors (Lipinski definition) is 0. The van der Waals surface area contributed by atoms with Crippen LogP contribution in [0, 0.1) is 0 Å². The fourth-order valence-corrected chi connectivity index (χ4v) is 2.66. The average Bonchev–Trinajstić information content (AvgIpc) is 3.04. The Morgan fingerprint density at radius 1 is 1.41 bits per heavy atom. The highest BCUT2D eigenvalue weighted by Crippen LogP contribution is 2.34. The molecule has 1 fully saturated rings. The number of carbonyl (C=O) groups is 1. The first kappa shape index (κ1) is 15.1. The first-order valence-electron chi connectivity index (χ1n) is 7.59. The Balaban J connectivity index is 1.69. The van der Waals surface area contributed by atoms with Gasteiger partial charge in [-0.05, 0) is 18.6 Å². The van der Waals surface area contributed by atoms with Crippen molar-refractivity contribution in [1.29, 1.82) is 0 Å². The Morgan fingerprint density at radius 3 is 3.00 bits per heavy atom. The molecule has 1 atom stereocenters. The van der Waals surface area contributed by atoms with Crippen LogP contribution in [-0.2, 0) is 14.3 Å². The molecule has 0 spiro atoms. The first-order valence-corrected chi connectivity index (χ1v) is 7.59. The standard InChI is InChI=1S/C16H22N2O4/c1-17(2)12-3-4-14-15(9-12)21-8-6-18(14)16(19)11-22-13-5-7-20-10-13/h3-4,9,13H,5-8,10-11H2,1-2H3. The van der Waals surface area contributed by atoms with Crippen LogP contribution in [0.2, 0.25) is 0 Å². The summed E-state index contributed by atoms with van der Waals surface area (Å²) in [5, 5.41) is 0. The van der Waals surface area contributed by atoms with E-state index in [9.17, 15) is 4.79 Å². The van der Waals surface area contributed by atoms with Gasteiger partial charge in [0.25, 0.3) is 5.91 Å². The van der Waals surface area contributed by atoms with Gasteiger partial charge >= 0.3 is 0 Å². The third kappa shape index (κ3) is 3.18. The van der Waals surface area contributed by atoms with Gasteiger partial charge in [0.2, 0.25) is 0 Å². The Bertz CT molecular complexity index is 541. The van der Waals surface area contributed by atoms with Crippen molar-refractivity contribution in [1.82, 2.24) is 0 Å². The van der Waals surface area contributed by atoms with E-state index >= 15 is 0 Å². The number of anilines is 2. The van der Waals surface area contributed by atoms with E-state index in [0.717, 1.165) is 23.5 Å². The highest BCUT2D eigenvalue weighted by atomic mass is 16.5. The van der Waals surface area contributed by atoms with Crippen molar-refractivity contribution >= 4 is 17.3 Å². The van der Waals surface area contributed by atoms with Gasteiger partial charge in [-0.25, -0.2) is 0 Å². The summed E-state index contributed by atoms with van der Waals surface area (Å²) in [5.41, 5.74) is 1.86. The number of carbonyl (C=O) groups excluding carboxylic acids is 1. The van der Waals surface area contributed by atoms with Crippen LogP contribution in [0.3, 0.4) is 0 Å². The van der Waals surface area contributed by atoms with Gasteiger partial charge in [0.05, 0.1) is 24.9 Å². The van der Waals surface area contributed by atoms with E-state index in [1.807, 2.05) is 37.2 Å². The zero-order valence-corrected chi connectivity index (χ0v) is 13.1. The van der Waals surface area contributed by atoms with Crippen LogP contribution in [0.25, 0.3) is 0 Å². The molecule has 120 valence electrons. The molecule has 1 amide bonds. The number of fused-ring (bicyclic) bond motifs is 1. The number of ether oxygens (including phenoxy) is 3. The van der Waals surface area contributed by atoms with Gasteiger partial charge in [0, 0.05) is 32.5 Å². The number of nitrogens with zero attached hydrogens (tertiary/aromatic N) is 2. The minimum Gasteiger partial charge on any atom is -0.489 e. The Labute approximate surface area is 130 Å². The quantitative estimate of drug-likeness (QED) is 0.839. The van der Waals surface area contributed by atoms with Gasteiger partial charge < -0.3 is 24.0 Å². The summed E-state index contributed by atoms with van der Waals surface area (Å²) >= 11 is 0. The van der Waals surface area contributed by atoms with Crippen LogP contribution in [0.4, 0.5) is 11.4 Å². The first-order chi connectivity index (χ1) is 10.6. The lowest BCUT2D eigenvalue weighted by Gasteiger charge is -2.30. The van der Waals surface area contributed by atoms with Crippen molar-refractivity contribution in [2.24, 2.45) is 0 Å². The summed E-state index contributed by atoms with van der Waals surface area (Å²) < 4.78 is 16.6. The number of hydrogen-bond acceptors (Lipinski definition) is 5. The molecule has 1 aromatic carbocycles. The predicted molar refractivity (Wildman–Crippen MR) is 83.8 cm³/mol. The lowest BCUT2D eigenvalue weighted by Crippen LogP contribution is -2.40. The summed E-state index contributed by atoms with van der Waals surface area (Å²) in [4.78, 5) is 16.2. The van der Waals surface area contributed by atoms with Crippen LogP contribution in [0.1, 0.15) is 6.42 Å². The summed E-state index contributed by atoms with van der Waals surface area (Å²) in [6, 6.07) is 5.88. The highest BCUT2D eigenvalue weighted by Gasteiger charge is 2.25. The molecule has 2 heterocycles. The Hall–Kier alpha value is -1.79. The topological polar surface area (TPSA) is 51.2 Å². The average molecular weight is 306 g/mol. The van der Waals surface area contributed by atoms with Crippen molar-refractivity contribution in [2.75, 3.05) is 56.9 Å². The smallest absolute Gasteiger partial charge is 0.253 e. The van der Waals surface area contributed by atoms with Crippen molar-refractivity contribution in [3.8, 4) is 5.75 Å². The molecule has 1 aromatic rings. The molecule has 2 aliphatic rings. The van der Waals surface area contributed by atoms with Gasteiger partial charge in [0.15, 0.2) is 0 Å². The molecule has 0 radical (unpaired) electrons. The fourth-order valence-electron chi connectivity index (χ4n) is 2.66. The van der Waals surface area contributed by atoms with E-state index in [2.05, 4.69) is 0 Å². The van der Waals surface area contributed by atoms with Crippen LogP contribution < -0.4 is 14.5 Å². The maximum absolute atomic E-state index is 12.4. The molecule has 3 rings (SSSR count). The van der Waals surface area contributed by atoms with E-state index in [1.165, 1.54) is 0 Å². The molecule has 1 unspecified atom stereocenters. The molecule has 0 aliphatic carbocycles. The van der Waals surface area contributed by atoms with E-state index in [1.54, 1.807) is 4.90 Å². The van der Waals surface area contributed by atoms with Gasteiger partial charge in [-0.15, -0.1) is 0 Å². The molecule has 0 N–H and O–H groups in total. The van der Waals surface area contributed by atoms with Crippen LogP contribution >= 0.6 is 0 Å². The molecule has 6 nitrogen and oxygen atoms in total. The number of amides is 1. The molecule has 0 bridgehead atoms. The van der Waals surface area contributed by atoms with E-state index in [4.69, 9.17) is 14.2 Å².